The summed E-state index contributed by atoms with van der Waals surface area (Å²) in [5, 5.41) is 6.59. The van der Waals surface area contributed by atoms with E-state index in [4.69, 9.17) is 4.98 Å². The summed E-state index contributed by atoms with van der Waals surface area (Å²) in [6, 6.07) is 6.25. The molecule has 0 saturated carbocycles. The van der Waals surface area contributed by atoms with E-state index in [1.807, 2.05) is 25.4 Å². The molecule has 6 rings (SSSR count). The maximum Gasteiger partial charge on any atom is 0.253 e. The first-order valence-corrected chi connectivity index (χ1v) is 10.2. The third-order valence-corrected chi connectivity index (χ3v) is 6.75. The van der Waals surface area contributed by atoms with Gasteiger partial charge in [0.1, 0.15) is 0 Å². The molecule has 6 heteroatoms. The van der Waals surface area contributed by atoms with Crippen LogP contribution in [0.15, 0.2) is 30.6 Å². The summed E-state index contributed by atoms with van der Waals surface area (Å²) in [5.41, 5.74) is 9.71. The molecule has 1 saturated heterocycles. The van der Waals surface area contributed by atoms with Gasteiger partial charge in [0.05, 0.1) is 22.5 Å². The van der Waals surface area contributed by atoms with Crippen molar-refractivity contribution in [1.82, 2.24) is 25.2 Å². The molecule has 3 aromatic heterocycles. The Morgan fingerprint density at radius 3 is 2.72 bits per heavy atom. The van der Waals surface area contributed by atoms with Crippen molar-refractivity contribution in [1.29, 1.82) is 0 Å². The van der Waals surface area contributed by atoms with Gasteiger partial charge in [-0.25, -0.2) is 0 Å². The maximum atomic E-state index is 13.0. The molecule has 1 amide bonds. The molecule has 5 heterocycles. The number of aryl methyl sites for hydroxylation is 2. The van der Waals surface area contributed by atoms with Gasteiger partial charge in [-0.2, -0.15) is 0 Å². The van der Waals surface area contributed by atoms with E-state index < -0.39 is 0 Å². The Morgan fingerprint density at radius 2 is 2.00 bits per heavy atom. The molecule has 1 aliphatic carbocycles. The first kappa shape index (κ1) is 16.9. The van der Waals surface area contributed by atoms with Gasteiger partial charge in [-0.15, -0.1) is 0 Å². The molecular weight excluding hydrogens is 362 g/mol. The van der Waals surface area contributed by atoms with E-state index in [1.54, 1.807) is 0 Å². The summed E-state index contributed by atoms with van der Waals surface area (Å²) in [6.07, 6.45) is 6.57. The number of carbonyl (C=O) groups is 1. The van der Waals surface area contributed by atoms with Gasteiger partial charge in [-0.05, 0) is 49.1 Å². The Labute approximate surface area is 169 Å². The predicted octanol–water partition coefficient (Wildman–Crippen LogP) is 2.18. The number of nitrogens with one attached hydrogen (secondary N) is 2. The van der Waals surface area contributed by atoms with Gasteiger partial charge in [0.25, 0.3) is 5.91 Å². The minimum absolute atomic E-state index is 0.0880. The van der Waals surface area contributed by atoms with Crippen LogP contribution < -0.4 is 10.6 Å². The number of rotatable bonds is 1. The van der Waals surface area contributed by atoms with E-state index in [0.717, 1.165) is 54.9 Å². The standard InChI is InChI=1S/C23H23N5O/c1-13-3-4-15(10-25-13)18-7-17-14(9-26-18)5-6-16-20-19(28(2)21(16)17)8-23(11-24-12-23)27-22(20)29/h3-4,7,9-10,24H,5-6,8,11-12H2,1-2H3,(H,27,29). The number of hydrogen-bond donors (Lipinski definition) is 2. The summed E-state index contributed by atoms with van der Waals surface area (Å²) in [7, 11) is 2.11. The number of hydrogen-bond acceptors (Lipinski definition) is 4. The molecule has 2 N–H and O–H groups in total. The van der Waals surface area contributed by atoms with Crippen molar-refractivity contribution < 1.29 is 4.79 Å². The van der Waals surface area contributed by atoms with Crippen molar-refractivity contribution in [2.45, 2.75) is 31.7 Å². The van der Waals surface area contributed by atoms with Crippen LogP contribution in [-0.4, -0.2) is 39.1 Å². The summed E-state index contributed by atoms with van der Waals surface area (Å²) < 4.78 is 2.26. The van der Waals surface area contributed by atoms with Crippen LogP contribution in [-0.2, 0) is 26.3 Å². The highest BCUT2D eigenvalue weighted by Gasteiger charge is 2.46. The van der Waals surface area contributed by atoms with Crippen LogP contribution in [0.4, 0.5) is 0 Å². The molecule has 1 spiro atoms. The van der Waals surface area contributed by atoms with Crippen LogP contribution in [0.1, 0.15) is 32.9 Å². The molecule has 0 unspecified atom stereocenters. The summed E-state index contributed by atoms with van der Waals surface area (Å²) >= 11 is 0. The van der Waals surface area contributed by atoms with Crippen LogP contribution in [0.3, 0.4) is 0 Å². The molecule has 6 nitrogen and oxygen atoms in total. The molecular formula is C23H23N5O. The Bertz CT molecular complexity index is 1170. The lowest BCUT2D eigenvalue weighted by atomic mass is 9.81. The number of aromatic nitrogens is 3. The lowest BCUT2D eigenvalue weighted by Crippen LogP contribution is -2.71. The zero-order valence-electron chi connectivity index (χ0n) is 16.7. The second-order valence-corrected chi connectivity index (χ2v) is 8.64. The SMILES string of the molecule is Cc1ccc(-c2cc3c(cn2)CCc2c4c(n(C)c2-3)CC2(CNC2)NC4=O)cn1. The Balaban J connectivity index is 1.52. The van der Waals surface area contributed by atoms with Crippen LogP contribution in [0.5, 0.6) is 0 Å². The van der Waals surface area contributed by atoms with E-state index in [2.05, 4.69) is 39.4 Å². The highest BCUT2D eigenvalue weighted by atomic mass is 16.2. The first-order valence-electron chi connectivity index (χ1n) is 10.2. The normalized spacial score (nSPS) is 18.5. The minimum Gasteiger partial charge on any atom is -0.347 e. The van der Waals surface area contributed by atoms with Gasteiger partial charge >= 0.3 is 0 Å². The van der Waals surface area contributed by atoms with Crippen molar-refractivity contribution in [2.24, 2.45) is 7.05 Å². The number of amides is 1. The van der Waals surface area contributed by atoms with E-state index in [0.29, 0.717) is 0 Å². The number of carbonyl (C=O) groups excluding carboxylic acids is 1. The third kappa shape index (κ3) is 2.35. The van der Waals surface area contributed by atoms with Crippen LogP contribution in [0.25, 0.3) is 22.5 Å². The second-order valence-electron chi connectivity index (χ2n) is 8.64. The smallest absolute Gasteiger partial charge is 0.253 e. The molecule has 0 aromatic carbocycles. The highest BCUT2D eigenvalue weighted by Crippen LogP contribution is 2.42. The molecule has 3 aliphatic rings. The fourth-order valence-corrected chi connectivity index (χ4v) is 5.11. The summed E-state index contributed by atoms with van der Waals surface area (Å²) in [5.74, 6) is 0.0880. The summed E-state index contributed by atoms with van der Waals surface area (Å²) in [4.78, 5) is 22.2. The molecule has 1 fully saturated rings. The molecule has 3 aromatic rings. The predicted molar refractivity (Wildman–Crippen MR) is 111 cm³/mol. The molecule has 146 valence electrons. The van der Waals surface area contributed by atoms with Gasteiger partial charge in [-0.3, -0.25) is 14.8 Å². The average molecular weight is 385 g/mol. The minimum atomic E-state index is -0.113. The van der Waals surface area contributed by atoms with E-state index in [1.165, 1.54) is 28.1 Å². The van der Waals surface area contributed by atoms with Crippen LogP contribution in [0, 0.1) is 6.92 Å². The summed E-state index contributed by atoms with van der Waals surface area (Å²) in [6.45, 7) is 3.68. The Morgan fingerprint density at radius 1 is 1.14 bits per heavy atom. The number of pyridine rings is 2. The lowest BCUT2D eigenvalue weighted by Gasteiger charge is -2.45. The monoisotopic (exact) mass is 385 g/mol. The molecule has 29 heavy (non-hydrogen) atoms. The van der Waals surface area contributed by atoms with Crippen molar-refractivity contribution in [2.75, 3.05) is 13.1 Å². The molecule has 0 atom stereocenters. The van der Waals surface area contributed by atoms with E-state index in [-0.39, 0.29) is 11.4 Å². The fourth-order valence-electron chi connectivity index (χ4n) is 5.11. The highest BCUT2D eigenvalue weighted by molar-refractivity contribution is 6.01. The first-order chi connectivity index (χ1) is 14.0. The molecule has 2 aliphatic heterocycles. The third-order valence-electron chi connectivity index (χ3n) is 6.75. The van der Waals surface area contributed by atoms with Crippen molar-refractivity contribution in [3.63, 3.8) is 0 Å². The Hall–Kier alpha value is -2.99. The van der Waals surface area contributed by atoms with Crippen molar-refractivity contribution >= 4 is 5.91 Å². The van der Waals surface area contributed by atoms with Crippen LogP contribution >= 0.6 is 0 Å². The van der Waals surface area contributed by atoms with Gasteiger partial charge in [0, 0.05) is 61.5 Å². The fraction of sp³-hybridized carbons (Fsp3) is 0.348. The Kier molecular flexibility index (Phi) is 3.36. The van der Waals surface area contributed by atoms with Crippen LogP contribution in [0.2, 0.25) is 0 Å². The quantitative estimate of drug-likeness (QED) is 0.674. The topological polar surface area (TPSA) is 71.8 Å². The average Bonchev–Trinajstić information content (AvgIpc) is 3.00. The number of nitrogens with zero attached hydrogens (tertiary/aromatic N) is 3. The van der Waals surface area contributed by atoms with E-state index in [9.17, 15) is 4.79 Å². The largest absolute Gasteiger partial charge is 0.347 e. The van der Waals surface area contributed by atoms with Crippen molar-refractivity contribution in [3.05, 3.63) is 58.7 Å². The maximum absolute atomic E-state index is 13.0. The molecule has 0 radical (unpaired) electrons. The molecule has 0 bridgehead atoms. The van der Waals surface area contributed by atoms with Gasteiger partial charge in [0.15, 0.2) is 0 Å². The van der Waals surface area contributed by atoms with Gasteiger partial charge < -0.3 is 15.2 Å². The zero-order chi connectivity index (χ0) is 19.8. The van der Waals surface area contributed by atoms with E-state index >= 15 is 0 Å². The second kappa shape index (κ2) is 5.76. The van der Waals surface area contributed by atoms with Gasteiger partial charge in [-0.1, -0.05) is 0 Å². The zero-order valence-corrected chi connectivity index (χ0v) is 16.7. The number of fused-ring (bicyclic) bond motifs is 5. The van der Waals surface area contributed by atoms with Crippen molar-refractivity contribution in [3.8, 4) is 22.5 Å². The van der Waals surface area contributed by atoms with Gasteiger partial charge in [0.2, 0.25) is 0 Å². The lowest BCUT2D eigenvalue weighted by molar-refractivity contribution is 0.0824.